The van der Waals surface area contributed by atoms with Crippen LogP contribution in [-0.2, 0) is 11.8 Å². The van der Waals surface area contributed by atoms with Crippen molar-refractivity contribution >= 4 is 44.9 Å². The number of thioether (sulfide) groups is 1. The van der Waals surface area contributed by atoms with Crippen molar-refractivity contribution in [1.29, 1.82) is 5.26 Å². The summed E-state index contributed by atoms with van der Waals surface area (Å²) >= 11 is 2.62. The monoisotopic (exact) mass is 412 g/mol. The predicted octanol–water partition coefficient (Wildman–Crippen LogP) is 3.73. The number of anilines is 1. The molecule has 3 rings (SSSR count). The molecule has 0 bridgehead atoms. The van der Waals surface area contributed by atoms with Gasteiger partial charge in [-0.15, -0.1) is 11.3 Å². The molecule has 0 N–H and O–H groups in total. The van der Waals surface area contributed by atoms with E-state index in [-0.39, 0.29) is 17.9 Å². The molecule has 2 heterocycles. The maximum absolute atomic E-state index is 13.1. The Kier molecular flexibility index (Phi) is 6.17. The molecule has 0 saturated carbocycles. The lowest BCUT2D eigenvalue weighted by Gasteiger charge is -2.25. The van der Waals surface area contributed by atoms with Gasteiger partial charge in [-0.3, -0.25) is 14.2 Å². The van der Waals surface area contributed by atoms with Gasteiger partial charge < -0.3 is 4.90 Å². The smallest absolute Gasteiger partial charge is 0.271 e. The van der Waals surface area contributed by atoms with Gasteiger partial charge >= 0.3 is 0 Å². The SMILES string of the molecule is Cc1ccc(N(CCC#N)C(=O)C(C)Sc2nc3ccsc3c(=O)n2C)cc1. The molecule has 0 saturated heterocycles. The molecule has 0 aliphatic heterocycles. The first-order chi connectivity index (χ1) is 13.4. The normalized spacial score (nSPS) is 11.9. The average Bonchev–Trinajstić information content (AvgIpc) is 3.15. The molecule has 1 aromatic carbocycles. The maximum atomic E-state index is 13.1. The Bertz CT molecular complexity index is 1100. The number of aryl methyl sites for hydroxylation is 1. The van der Waals surface area contributed by atoms with Gasteiger partial charge in [0.15, 0.2) is 5.16 Å². The summed E-state index contributed by atoms with van der Waals surface area (Å²) in [4.78, 5) is 31.8. The lowest BCUT2D eigenvalue weighted by Crippen LogP contribution is -2.37. The average molecular weight is 413 g/mol. The van der Waals surface area contributed by atoms with E-state index in [4.69, 9.17) is 5.26 Å². The van der Waals surface area contributed by atoms with Crippen LogP contribution in [0.25, 0.3) is 10.2 Å². The fourth-order valence-corrected chi connectivity index (χ4v) is 4.50. The number of fused-ring (bicyclic) bond motifs is 1. The lowest BCUT2D eigenvalue weighted by molar-refractivity contribution is -0.117. The van der Waals surface area contributed by atoms with Gasteiger partial charge in [0, 0.05) is 19.3 Å². The minimum Gasteiger partial charge on any atom is -0.310 e. The molecule has 6 nitrogen and oxygen atoms in total. The molecule has 1 unspecified atom stereocenters. The van der Waals surface area contributed by atoms with Crippen LogP contribution in [0.4, 0.5) is 5.69 Å². The number of amides is 1. The van der Waals surface area contributed by atoms with Crippen molar-refractivity contribution in [3.05, 3.63) is 51.6 Å². The first kappa shape index (κ1) is 20.1. The van der Waals surface area contributed by atoms with Crippen LogP contribution >= 0.6 is 23.1 Å². The maximum Gasteiger partial charge on any atom is 0.271 e. The first-order valence-corrected chi connectivity index (χ1v) is 10.5. The second-order valence-corrected chi connectivity index (χ2v) is 8.61. The zero-order valence-electron chi connectivity index (χ0n) is 15.9. The minimum atomic E-state index is -0.464. The zero-order valence-corrected chi connectivity index (χ0v) is 17.5. The summed E-state index contributed by atoms with van der Waals surface area (Å²) in [5, 5.41) is 10.8. The highest BCUT2D eigenvalue weighted by atomic mass is 32.2. The number of thiophene rings is 1. The number of nitrogens with zero attached hydrogens (tertiary/aromatic N) is 4. The quantitative estimate of drug-likeness (QED) is 0.455. The molecule has 3 aromatic rings. The molecule has 0 radical (unpaired) electrons. The molecular formula is C20H20N4O2S2. The van der Waals surface area contributed by atoms with Gasteiger partial charge in [-0.05, 0) is 37.4 Å². The summed E-state index contributed by atoms with van der Waals surface area (Å²) in [7, 11) is 1.67. The van der Waals surface area contributed by atoms with E-state index >= 15 is 0 Å². The summed E-state index contributed by atoms with van der Waals surface area (Å²) in [6.45, 7) is 4.10. The van der Waals surface area contributed by atoms with Crippen LogP contribution in [0.15, 0.2) is 45.7 Å². The Morgan fingerprint density at radius 3 is 2.75 bits per heavy atom. The summed E-state index contributed by atoms with van der Waals surface area (Å²) in [5.41, 5.74) is 2.40. The standard InChI is InChI=1S/C20H20N4O2S2/c1-13-5-7-15(8-6-13)24(11-4-10-21)18(25)14(2)28-20-22-16-9-12-27-17(16)19(26)23(20)3/h5-9,12,14H,4,11H2,1-3H3. The van der Waals surface area contributed by atoms with E-state index in [2.05, 4.69) is 11.1 Å². The van der Waals surface area contributed by atoms with Crippen LogP contribution < -0.4 is 10.5 Å². The Labute approximate surface area is 171 Å². The number of carbonyl (C=O) groups excluding carboxylic acids is 1. The minimum absolute atomic E-state index is 0.109. The Hall–Kier alpha value is -2.63. The van der Waals surface area contributed by atoms with E-state index < -0.39 is 5.25 Å². The predicted molar refractivity (Wildman–Crippen MR) is 114 cm³/mol. The largest absolute Gasteiger partial charge is 0.310 e. The molecule has 0 aliphatic carbocycles. The van der Waals surface area contributed by atoms with Crippen molar-refractivity contribution in [3.63, 3.8) is 0 Å². The van der Waals surface area contributed by atoms with E-state index in [1.807, 2.05) is 42.6 Å². The van der Waals surface area contributed by atoms with E-state index in [1.54, 1.807) is 18.9 Å². The molecule has 8 heteroatoms. The van der Waals surface area contributed by atoms with Gasteiger partial charge in [-0.25, -0.2) is 4.98 Å². The molecular weight excluding hydrogens is 392 g/mol. The van der Waals surface area contributed by atoms with E-state index in [0.29, 0.717) is 21.9 Å². The van der Waals surface area contributed by atoms with Crippen molar-refractivity contribution < 1.29 is 4.79 Å². The van der Waals surface area contributed by atoms with Crippen molar-refractivity contribution in [1.82, 2.24) is 9.55 Å². The Morgan fingerprint density at radius 1 is 1.36 bits per heavy atom. The molecule has 1 atom stereocenters. The van der Waals surface area contributed by atoms with Gasteiger partial charge in [0.2, 0.25) is 5.91 Å². The number of benzene rings is 1. The number of aromatic nitrogens is 2. The molecule has 1 amide bonds. The van der Waals surface area contributed by atoms with Crippen molar-refractivity contribution in [2.45, 2.75) is 30.7 Å². The number of rotatable bonds is 6. The summed E-state index contributed by atoms with van der Waals surface area (Å²) in [6, 6.07) is 11.6. The summed E-state index contributed by atoms with van der Waals surface area (Å²) in [6.07, 6.45) is 0.245. The first-order valence-electron chi connectivity index (χ1n) is 8.78. The third kappa shape index (κ3) is 4.11. The van der Waals surface area contributed by atoms with E-state index in [9.17, 15) is 9.59 Å². The second-order valence-electron chi connectivity index (χ2n) is 6.39. The number of hydrogen-bond acceptors (Lipinski definition) is 6. The Balaban J connectivity index is 1.87. The van der Waals surface area contributed by atoms with Crippen molar-refractivity contribution in [2.24, 2.45) is 7.05 Å². The van der Waals surface area contributed by atoms with Gasteiger partial charge in [0.05, 0.1) is 23.3 Å². The molecule has 28 heavy (non-hydrogen) atoms. The number of nitriles is 1. The van der Waals surface area contributed by atoms with Gasteiger partial charge in [-0.1, -0.05) is 29.5 Å². The zero-order chi connectivity index (χ0) is 20.3. The van der Waals surface area contributed by atoms with Gasteiger partial charge in [-0.2, -0.15) is 5.26 Å². The van der Waals surface area contributed by atoms with Crippen LogP contribution in [0, 0.1) is 18.3 Å². The van der Waals surface area contributed by atoms with Crippen molar-refractivity contribution in [2.75, 3.05) is 11.4 Å². The van der Waals surface area contributed by atoms with Crippen LogP contribution in [0.5, 0.6) is 0 Å². The van der Waals surface area contributed by atoms with Gasteiger partial charge in [0.25, 0.3) is 5.56 Å². The molecule has 0 spiro atoms. The van der Waals surface area contributed by atoms with E-state index in [0.717, 1.165) is 11.3 Å². The highest BCUT2D eigenvalue weighted by Crippen LogP contribution is 2.26. The summed E-state index contributed by atoms with van der Waals surface area (Å²) < 4.78 is 2.10. The van der Waals surface area contributed by atoms with E-state index in [1.165, 1.54) is 27.7 Å². The highest BCUT2D eigenvalue weighted by Gasteiger charge is 2.24. The number of hydrogen-bond donors (Lipinski definition) is 0. The molecule has 0 fully saturated rings. The third-order valence-corrected chi connectivity index (χ3v) is 6.36. The third-order valence-electron chi connectivity index (χ3n) is 4.34. The lowest BCUT2D eigenvalue weighted by atomic mass is 10.2. The molecule has 144 valence electrons. The second kappa shape index (κ2) is 8.59. The van der Waals surface area contributed by atoms with Gasteiger partial charge in [0.1, 0.15) is 4.70 Å². The Morgan fingerprint density at radius 2 is 2.07 bits per heavy atom. The fraction of sp³-hybridized carbons (Fsp3) is 0.300. The highest BCUT2D eigenvalue weighted by molar-refractivity contribution is 8.00. The molecule has 0 aliphatic rings. The fourth-order valence-electron chi connectivity index (χ4n) is 2.75. The van der Waals surface area contributed by atoms with Crippen molar-refractivity contribution in [3.8, 4) is 6.07 Å². The number of carbonyl (C=O) groups is 1. The van der Waals surface area contributed by atoms with Crippen LogP contribution in [0.1, 0.15) is 18.9 Å². The summed E-state index contributed by atoms with van der Waals surface area (Å²) in [5.74, 6) is -0.122. The van der Waals surface area contributed by atoms with Crippen LogP contribution in [0.3, 0.4) is 0 Å². The topological polar surface area (TPSA) is 79.0 Å². The van der Waals surface area contributed by atoms with Crippen LogP contribution in [-0.4, -0.2) is 27.3 Å². The van der Waals surface area contributed by atoms with Crippen LogP contribution in [0.2, 0.25) is 0 Å². The molecule has 2 aromatic heterocycles.